The van der Waals surface area contributed by atoms with Crippen LogP contribution < -0.4 is 11.1 Å². The molecule has 0 bridgehead atoms. The van der Waals surface area contributed by atoms with Gasteiger partial charge in [-0.05, 0) is 41.8 Å². The number of carbonyl (C=O) groups is 1. The Kier molecular flexibility index (Phi) is 5.96. The molecule has 1 atom stereocenters. The van der Waals surface area contributed by atoms with Crippen LogP contribution in [0.5, 0.6) is 0 Å². The van der Waals surface area contributed by atoms with Crippen LogP contribution in [-0.4, -0.2) is 11.9 Å². The molecule has 3 N–H and O–H groups in total. The van der Waals surface area contributed by atoms with E-state index in [1.165, 1.54) is 16.0 Å². The van der Waals surface area contributed by atoms with E-state index < -0.39 is 6.04 Å². The summed E-state index contributed by atoms with van der Waals surface area (Å²) in [4.78, 5) is 13.3. The Hall–Kier alpha value is -1.65. The second-order valence-corrected chi connectivity index (χ2v) is 6.07. The highest BCUT2D eigenvalue weighted by Gasteiger charge is 2.13. The standard InChI is InChI=1S/C17H22N2OS/c1-2-14-10-11-21-16(14)12-19-17(20)15(18)9-8-13-6-4-3-5-7-13/h3-7,10-11,15H,2,8-9,12,18H2,1H3,(H,19,20). The van der Waals surface area contributed by atoms with E-state index >= 15 is 0 Å². The Balaban J connectivity index is 1.77. The van der Waals surface area contributed by atoms with Gasteiger partial charge in [-0.1, -0.05) is 37.3 Å². The average molecular weight is 302 g/mol. The molecular weight excluding hydrogens is 280 g/mol. The number of nitrogens with one attached hydrogen (secondary N) is 1. The molecule has 0 spiro atoms. The Bertz CT molecular complexity index is 565. The molecule has 1 aromatic carbocycles. The SMILES string of the molecule is CCc1ccsc1CNC(=O)C(N)CCc1ccccc1. The molecule has 2 aromatic rings. The van der Waals surface area contributed by atoms with E-state index in [-0.39, 0.29) is 5.91 Å². The predicted molar refractivity (Wildman–Crippen MR) is 88.3 cm³/mol. The van der Waals surface area contributed by atoms with Gasteiger partial charge in [0.1, 0.15) is 0 Å². The molecule has 0 fully saturated rings. The highest BCUT2D eigenvalue weighted by molar-refractivity contribution is 7.10. The Morgan fingerprint density at radius 3 is 2.76 bits per heavy atom. The van der Waals surface area contributed by atoms with Gasteiger partial charge in [0, 0.05) is 4.88 Å². The third-order valence-corrected chi connectivity index (χ3v) is 4.53. The second kappa shape index (κ2) is 7.96. The van der Waals surface area contributed by atoms with Gasteiger partial charge >= 0.3 is 0 Å². The second-order valence-electron chi connectivity index (χ2n) is 5.07. The van der Waals surface area contributed by atoms with Gasteiger partial charge in [0.05, 0.1) is 12.6 Å². The summed E-state index contributed by atoms with van der Waals surface area (Å²) >= 11 is 1.68. The number of hydrogen-bond donors (Lipinski definition) is 2. The molecule has 4 heteroatoms. The first-order valence-corrected chi connectivity index (χ1v) is 8.21. The number of amides is 1. The molecule has 112 valence electrons. The molecule has 21 heavy (non-hydrogen) atoms. The number of nitrogens with two attached hydrogens (primary N) is 1. The van der Waals surface area contributed by atoms with Gasteiger partial charge in [0.25, 0.3) is 0 Å². The molecule has 0 saturated heterocycles. The number of rotatable bonds is 7. The number of thiophene rings is 1. The van der Waals surface area contributed by atoms with E-state index in [1.807, 2.05) is 18.2 Å². The van der Waals surface area contributed by atoms with Gasteiger partial charge in [-0.2, -0.15) is 0 Å². The quantitative estimate of drug-likeness (QED) is 0.826. The van der Waals surface area contributed by atoms with Crippen LogP contribution in [0, 0.1) is 0 Å². The zero-order valence-electron chi connectivity index (χ0n) is 12.3. The Morgan fingerprint density at radius 1 is 1.29 bits per heavy atom. The zero-order valence-corrected chi connectivity index (χ0v) is 13.2. The molecule has 0 aliphatic carbocycles. The number of hydrogen-bond acceptors (Lipinski definition) is 3. The van der Waals surface area contributed by atoms with Crippen molar-refractivity contribution in [3.8, 4) is 0 Å². The average Bonchev–Trinajstić information content (AvgIpc) is 2.98. The van der Waals surface area contributed by atoms with Crippen molar-refractivity contribution < 1.29 is 4.79 Å². The predicted octanol–water partition coefficient (Wildman–Crippen LogP) is 2.89. The van der Waals surface area contributed by atoms with Gasteiger partial charge in [-0.25, -0.2) is 0 Å². The Labute approximate surface area is 130 Å². The molecule has 3 nitrogen and oxygen atoms in total. The van der Waals surface area contributed by atoms with Crippen molar-refractivity contribution in [2.24, 2.45) is 5.73 Å². The lowest BCUT2D eigenvalue weighted by atomic mass is 10.1. The van der Waals surface area contributed by atoms with Crippen molar-refractivity contribution in [2.45, 2.75) is 38.8 Å². The van der Waals surface area contributed by atoms with E-state index in [0.29, 0.717) is 13.0 Å². The maximum Gasteiger partial charge on any atom is 0.237 e. The topological polar surface area (TPSA) is 55.1 Å². The maximum atomic E-state index is 12.0. The molecule has 0 aliphatic heterocycles. The summed E-state index contributed by atoms with van der Waals surface area (Å²) < 4.78 is 0. The fourth-order valence-electron chi connectivity index (χ4n) is 2.23. The third-order valence-electron chi connectivity index (χ3n) is 3.57. The lowest BCUT2D eigenvalue weighted by Gasteiger charge is -2.12. The van der Waals surface area contributed by atoms with Gasteiger partial charge < -0.3 is 11.1 Å². The number of benzene rings is 1. The summed E-state index contributed by atoms with van der Waals surface area (Å²) in [7, 11) is 0. The monoisotopic (exact) mass is 302 g/mol. The summed E-state index contributed by atoms with van der Waals surface area (Å²) in [6.07, 6.45) is 2.49. The molecule has 1 amide bonds. The van der Waals surface area contributed by atoms with Crippen LogP contribution in [0.3, 0.4) is 0 Å². The van der Waals surface area contributed by atoms with Crippen LogP contribution in [0.15, 0.2) is 41.8 Å². The molecule has 0 saturated carbocycles. The van der Waals surface area contributed by atoms with Crippen molar-refractivity contribution in [1.29, 1.82) is 0 Å². The Morgan fingerprint density at radius 2 is 2.05 bits per heavy atom. The highest BCUT2D eigenvalue weighted by Crippen LogP contribution is 2.16. The van der Waals surface area contributed by atoms with Crippen LogP contribution in [0.1, 0.15) is 29.3 Å². The summed E-state index contributed by atoms with van der Waals surface area (Å²) in [5, 5.41) is 5.01. The summed E-state index contributed by atoms with van der Waals surface area (Å²) in [5.41, 5.74) is 8.49. The molecule has 0 radical (unpaired) electrons. The van der Waals surface area contributed by atoms with Crippen molar-refractivity contribution in [1.82, 2.24) is 5.32 Å². The van der Waals surface area contributed by atoms with E-state index in [9.17, 15) is 4.79 Å². The van der Waals surface area contributed by atoms with Crippen molar-refractivity contribution in [3.63, 3.8) is 0 Å². The third kappa shape index (κ3) is 4.69. The van der Waals surface area contributed by atoms with Gasteiger partial charge in [0.15, 0.2) is 0 Å². The summed E-state index contributed by atoms with van der Waals surface area (Å²) in [6, 6.07) is 11.8. The van der Waals surface area contributed by atoms with Gasteiger partial charge in [0.2, 0.25) is 5.91 Å². The summed E-state index contributed by atoms with van der Waals surface area (Å²) in [6.45, 7) is 2.71. The molecule has 2 rings (SSSR count). The van der Waals surface area contributed by atoms with E-state index in [1.54, 1.807) is 11.3 Å². The minimum Gasteiger partial charge on any atom is -0.350 e. The number of aryl methyl sites for hydroxylation is 2. The van der Waals surface area contributed by atoms with Crippen molar-refractivity contribution in [2.75, 3.05) is 0 Å². The molecule has 1 unspecified atom stereocenters. The lowest BCUT2D eigenvalue weighted by Crippen LogP contribution is -2.40. The van der Waals surface area contributed by atoms with Crippen LogP contribution in [0.25, 0.3) is 0 Å². The van der Waals surface area contributed by atoms with E-state index in [4.69, 9.17) is 5.73 Å². The largest absolute Gasteiger partial charge is 0.350 e. The van der Waals surface area contributed by atoms with Crippen LogP contribution in [0.2, 0.25) is 0 Å². The fraction of sp³-hybridized carbons (Fsp3) is 0.353. The van der Waals surface area contributed by atoms with Gasteiger partial charge in [-0.15, -0.1) is 11.3 Å². The lowest BCUT2D eigenvalue weighted by molar-refractivity contribution is -0.122. The first kappa shape index (κ1) is 15.7. The number of carbonyl (C=O) groups excluding carboxylic acids is 1. The summed E-state index contributed by atoms with van der Waals surface area (Å²) in [5.74, 6) is -0.0682. The molecule has 1 aromatic heterocycles. The molecule has 0 aliphatic rings. The van der Waals surface area contributed by atoms with E-state index in [2.05, 4.69) is 35.8 Å². The minimum absolute atomic E-state index is 0.0682. The minimum atomic E-state index is -0.449. The molecule has 1 heterocycles. The highest BCUT2D eigenvalue weighted by atomic mass is 32.1. The maximum absolute atomic E-state index is 12.0. The zero-order chi connectivity index (χ0) is 15.1. The smallest absolute Gasteiger partial charge is 0.237 e. The first-order valence-electron chi connectivity index (χ1n) is 7.33. The van der Waals surface area contributed by atoms with E-state index in [0.717, 1.165) is 12.8 Å². The van der Waals surface area contributed by atoms with Crippen LogP contribution in [-0.2, 0) is 24.2 Å². The molecular formula is C17H22N2OS. The van der Waals surface area contributed by atoms with Crippen LogP contribution >= 0.6 is 11.3 Å². The van der Waals surface area contributed by atoms with Crippen LogP contribution in [0.4, 0.5) is 0 Å². The van der Waals surface area contributed by atoms with Gasteiger partial charge in [-0.3, -0.25) is 4.79 Å². The fourth-order valence-corrected chi connectivity index (χ4v) is 3.15. The van der Waals surface area contributed by atoms with Crippen molar-refractivity contribution >= 4 is 17.2 Å². The normalized spacial score (nSPS) is 12.1. The van der Waals surface area contributed by atoms with Crippen molar-refractivity contribution in [3.05, 3.63) is 57.8 Å². The first-order chi connectivity index (χ1) is 10.2.